The average molecular weight is 279 g/mol. The highest BCUT2D eigenvalue weighted by atomic mass is 16.1. The third kappa shape index (κ3) is 3.15. The Labute approximate surface area is 126 Å². The van der Waals surface area contributed by atoms with Gasteiger partial charge in [0, 0.05) is 11.6 Å². The highest BCUT2D eigenvalue weighted by molar-refractivity contribution is 5.94. The lowest BCUT2D eigenvalue weighted by molar-refractivity contribution is 0.0938. The van der Waals surface area contributed by atoms with Gasteiger partial charge < -0.3 is 5.32 Å². The first-order valence-electron chi connectivity index (χ1n) is 7.73. The number of nitrogens with one attached hydrogen (secondary N) is 1. The summed E-state index contributed by atoms with van der Waals surface area (Å²) in [5.74, 6) is 0.0378. The zero-order valence-corrected chi connectivity index (χ0v) is 12.4. The maximum atomic E-state index is 12.3. The third-order valence-electron chi connectivity index (χ3n) is 4.14. The molecule has 2 nitrogen and oxygen atoms in total. The molecule has 0 atom stereocenters. The first-order chi connectivity index (χ1) is 10.3. The number of fused-ring (bicyclic) bond motifs is 1. The van der Waals surface area contributed by atoms with Crippen molar-refractivity contribution in [3.05, 3.63) is 70.8 Å². The highest BCUT2D eigenvalue weighted by Gasteiger charge is 2.22. The molecule has 3 rings (SSSR count). The van der Waals surface area contributed by atoms with Crippen LogP contribution < -0.4 is 5.32 Å². The van der Waals surface area contributed by atoms with Crippen LogP contribution in [0.5, 0.6) is 0 Å². The molecule has 1 amide bonds. The number of carbonyl (C=O) groups is 1. The molecule has 0 bridgehead atoms. The quantitative estimate of drug-likeness (QED) is 0.911. The molecule has 108 valence electrons. The van der Waals surface area contributed by atoms with Crippen molar-refractivity contribution in [2.75, 3.05) is 0 Å². The Morgan fingerprint density at radius 2 is 1.67 bits per heavy atom. The molecule has 0 aromatic heterocycles. The van der Waals surface area contributed by atoms with Crippen LogP contribution in [0, 0.1) is 0 Å². The van der Waals surface area contributed by atoms with E-state index < -0.39 is 0 Å². The topological polar surface area (TPSA) is 29.1 Å². The van der Waals surface area contributed by atoms with Crippen molar-refractivity contribution in [3.63, 3.8) is 0 Å². The van der Waals surface area contributed by atoms with Gasteiger partial charge in [-0.25, -0.2) is 0 Å². The van der Waals surface area contributed by atoms with Gasteiger partial charge in [0.2, 0.25) is 0 Å². The molecule has 1 N–H and O–H groups in total. The average Bonchev–Trinajstić information content (AvgIpc) is 2.90. The van der Waals surface area contributed by atoms with Gasteiger partial charge >= 0.3 is 0 Å². The summed E-state index contributed by atoms with van der Waals surface area (Å²) in [6.07, 6.45) is 4.08. The minimum absolute atomic E-state index is 0.0378. The molecule has 0 fully saturated rings. The first kappa shape index (κ1) is 13.9. The van der Waals surface area contributed by atoms with E-state index in [0.717, 1.165) is 31.2 Å². The van der Waals surface area contributed by atoms with Gasteiger partial charge in [0.25, 0.3) is 5.91 Å². The zero-order valence-electron chi connectivity index (χ0n) is 12.4. The SMILES string of the molecule is CCCc1ccc(C(=O)NC2Cc3ccccc3C2)cc1. The van der Waals surface area contributed by atoms with Crippen molar-refractivity contribution in [2.24, 2.45) is 0 Å². The minimum Gasteiger partial charge on any atom is -0.349 e. The molecule has 1 aliphatic rings. The number of carbonyl (C=O) groups excluding carboxylic acids is 1. The number of benzene rings is 2. The van der Waals surface area contributed by atoms with Gasteiger partial charge in [-0.1, -0.05) is 49.7 Å². The van der Waals surface area contributed by atoms with Gasteiger partial charge in [0.15, 0.2) is 0 Å². The van der Waals surface area contributed by atoms with Gasteiger partial charge in [-0.3, -0.25) is 4.79 Å². The molecule has 0 saturated carbocycles. The smallest absolute Gasteiger partial charge is 0.251 e. The number of rotatable bonds is 4. The van der Waals surface area contributed by atoms with Gasteiger partial charge in [-0.05, 0) is 48.1 Å². The fourth-order valence-corrected chi connectivity index (χ4v) is 3.04. The summed E-state index contributed by atoms with van der Waals surface area (Å²) in [7, 11) is 0. The summed E-state index contributed by atoms with van der Waals surface area (Å²) in [5, 5.41) is 3.15. The largest absolute Gasteiger partial charge is 0.349 e. The van der Waals surface area contributed by atoms with E-state index in [1.165, 1.54) is 16.7 Å². The van der Waals surface area contributed by atoms with Crippen LogP contribution in [0.4, 0.5) is 0 Å². The normalized spacial score (nSPS) is 14.0. The molecule has 0 saturated heterocycles. The lowest BCUT2D eigenvalue weighted by Crippen LogP contribution is -2.35. The summed E-state index contributed by atoms with van der Waals surface area (Å²) in [4.78, 5) is 12.3. The van der Waals surface area contributed by atoms with E-state index in [2.05, 4.69) is 48.6 Å². The predicted molar refractivity (Wildman–Crippen MR) is 85.5 cm³/mol. The van der Waals surface area contributed by atoms with E-state index in [-0.39, 0.29) is 11.9 Å². The van der Waals surface area contributed by atoms with Crippen LogP contribution in [0.25, 0.3) is 0 Å². The second-order valence-corrected chi connectivity index (χ2v) is 5.79. The lowest BCUT2D eigenvalue weighted by Gasteiger charge is -2.12. The maximum absolute atomic E-state index is 12.3. The van der Waals surface area contributed by atoms with Crippen LogP contribution in [0.2, 0.25) is 0 Å². The molecule has 2 heteroatoms. The Morgan fingerprint density at radius 3 is 2.24 bits per heavy atom. The summed E-state index contributed by atoms with van der Waals surface area (Å²) >= 11 is 0. The second kappa shape index (κ2) is 6.13. The van der Waals surface area contributed by atoms with Crippen LogP contribution >= 0.6 is 0 Å². The predicted octanol–water partition coefficient (Wildman–Crippen LogP) is 3.54. The summed E-state index contributed by atoms with van der Waals surface area (Å²) in [5.41, 5.74) is 4.77. The van der Waals surface area contributed by atoms with E-state index in [1.807, 2.05) is 12.1 Å². The van der Waals surface area contributed by atoms with E-state index in [1.54, 1.807) is 0 Å². The van der Waals surface area contributed by atoms with Crippen molar-refractivity contribution < 1.29 is 4.79 Å². The standard InChI is InChI=1S/C19H21NO/c1-2-5-14-8-10-15(11-9-14)19(21)20-18-12-16-6-3-4-7-17(16)13-18/h3-4,6-11,18H,2,5,12-13H2,1H3,(H,20,21). The van der Waals surface area contributed by atoms with Crippen LogP contribution in [-0.4, -0.2) is 11.9 Å². The van der Waals surface area contributed by atoms with Crippen molar-refractivity contribution >= 4 is 5.91 Å². The molecular weight excluding hydrogens is 258 g/mol. The van der Waals surface area contributed by atoms with E-state index in [9.17, 15) is 4.79 Å². The van der Waals surface area contributed by atoms with Crippen LogP contribution in [0.3, 0.4) is 0 Å². The van der Waals surface area contributed by atoms with Crippen molar-refractivity contribution in [1.29, 1.82) is 0 Å². The van der Waals surface area contributed by atoms with Crippen molar-refractivity contribution in [1.82, 2.24) is 5.32 Å². The molecule has 0 heterocycles. The summed E-state index contributed by atoms with van der Waals surface area (Å²) < 4.78 is 0. The Bertz CT molecular complexity index is 605. The minimum atomic E-state index is 0.0378. The van der Waals surface area contributed by atoms with E-state index >= 15 is 0 Å². The number of hydrogen-bond acceptors (Lipinski definition) is 1. The molecule has 0 aliphatic heterocycles. The zero-order chi connectivity index (χ0) is 14.7. The van der Waals surface area contributed by atoms with Gasteiger partial charge in [-0.15, -0.1) is 0 Å². The number of aryl methyl sites for hydroxylation is 1. The van der Waals surface area contributed by atoms with Gasteiger partial charge in [0.05, 0.1) is 0 Å². The fraction of sp³-hybridized carbons (Fsp3) is 0.316. The van der Waals surface area contributed by atoms with Crippen LogP contribution in [-0.2, 0) is 19.3 Å². The number of hydrogen-bond donors (Lipinski definition) is 1. The molecule has 2 aromatic carbocycles. The van der Waals surface area contributed by atoms with Gasteiger partial charge in [0.1, 0.15) is 0 Å². The first-order valence-corrected chi connectivity index (χ1v) is 7.73. The van der Waals surface area contributed by atoms with Crippen molar-refractivity contribution in [2.45, 2.75) is 38.6 Å². The van der Waals surface area contributed by atoms with E-state index in [4.69, 9.17) is 0 Å². The fourth-order valence-electron chi connectivity index (χ4n) is 3.04. The molecular formula is C19H21NO. The van der Waals surface area contributed by atoms with Gasteiger partial charge in [-0.2, -0.15) is 0 Å². The highest BCUT2D eigenvalue weighted by Crippen LogP contribution is 2.21. The molecule has 0 unspecified atom stereocenters. The third-order valence-corrected chi connectivity index (χ3v) is 4.14. The maximum Gasteiger partial charge on any atom is 0.251 e. The number of amides is 1. The second-order valence-electron chi connectivity index (χ2n) is 5.79. The Morgan fingerprint density at radius 1 is 1.05 bits per heavy atom. The van der Waals surface area contributed by atoms with Crippen LogP contribution in [0.1, 0.15) is 40.4 Å². The Balaban J connectivity index is 1.62. The molecule has 2 aromatic rings. The van der Waals surface area contributed by atoms with E-state index in [0.29, 0.717) is 0 Å². The molecule has 0 radical (unpaired) electrons. The van der Waals surface area contributed by atoms with Crippen LogP contribution in [0.15, 0.2) is 48.5 Å². The lowest BCUT2D eigenvalue weighted by atomic mass is 10.1. The summed E-state index contributed by atoms with van der Waals surface area (Å²) in [6, 6.07) is 16.6. The monoisotopic (exact) mass is 279 g/mol. The Hall–Kier alpha value is -2.09. The molecule has 1 aliphatic carbocycles. The Kier molecular flexibility index (Phi) is 4.05. The molecule has 0 spiro atoms. The van der Waals surface area contributed by atoms with Crippen molar-refractivity contribution in [3.8, 4) is 0 Å². The summed E-state index contributed by atoms with van der Waals surface area (Å²) in [6.45, 7) is 2.17. The molecule has 21 heavy (non-hydrogen) atoms.